The number of primary sulfonamides is 1. The number of aromatic nitrogens is 2. The average Bonchev–Trinajstić information content (AvgIpc) is 2.71. The van der Waals surface area contributed by atoms with E-state index in [0.29, 0.717) is 6.54 Å². The Hall–Kier alpha value is -1.66. The average molecular weight is 265 g/mol. The zero-order chi connectivity index (χ0) is 13.3. The van der Waals surface area contributed by atoms with Gasteiger partial charge in [0.25, 0.3) is 10.0 Å². The second-order valence-electron chi connectivity index (χ2n) is 4.36. The fourth-order valence-electron chi connectivity index (χ4n) is 1.74. The van der Waals surface area contributed by atoms with Crippen molar-refractivity contribution < 1.29 is 8.42 Å². The van der Waals surface area contributed by atoms with Gasteiger partial charge in [-0.2, -0.15) is 0 Å². The second kappa shape index (κ2) is 4.55. The first-order valence-corrected chi connectivity index (χ1v) is 7.01. The molecule has 0 amide bonds. The van der Waals surface area contributed by atoms with Gasteiger partial charge in [0, 0.05) is 12.7 Å². The lowest BCUT2D eigenvalue weighted by atomic mass is 10.1. The van der Waals surface area contributed by atoms with Gasteiger partial charge in [0.15, 0.2) is 5.03 Å². The Morgan fingerprint density at radius 1 is 1.33 bits per heavy atom. The van der Waals surface area contributed by atoms with Crippen LogP contribution in [0.15, 0.2) is 35.7 Å². The molecule has 0 saturated carbocycles. The van der Waals surface area contributed by atoms with Gasteiger partial charge in [-0.1, -0.05) is 23.8 Å². The molecule has 0 saturated heterocycles. The summed E-state index contributed by atoms with van der Waals surface area (Å²) in [6.45, 7) is 4.62. The smallest absolute Gasteiger partial charge is 0.257 e. The van der Waals surface area contributed by atoms with Crippen molar-refractivity contribution in [2.24, 2.45) is 5.14 Å². The number of rotatable bonds is 3. The molecule has 0 atom stereocenters. The molecule has 2 aromatic rings. The molecule has 0 spiro atoms. The third kappa shape index (κ3) is 2.77. The lowest BCUT2D eigenvalue weighted by molar-refractivity contribution is 0.594. The standard InChI is InChI=1S/C12H15N3O2S/c1-9-3-4-10(2)11(5-9)6-15-7-12(14-8-15)18(13,16)17/h3-5,7-8H,6H2,1-2H3,(H2,13,16,17). The SMILES string of the molecule is Cc1ccc(C)c(Cn2cnc(S(N)(=O)=O)c2)c1. The molecule has 1 aromatic heterocycles. The number of aryl methyl sites for hydroxylation is 2. The second-order valence-corrected chi connectivity index (χ2v) is 5.87. The predicted octanol–water partition coefficient (Wildman–Crippen LogP) is 1.20. The number of nitrogens with two attached hydrogens (primary N) is 1. The van der Waals surface area contributed by atoms with Crippen LogP contribution in [0.1, 0.15) is 16.7 Å². The summed E-state index contributed by atoms with van der Waals surface area (Å²) in [7, 11) is -3.72. The van der Waals surface area contributed by atoms with E-state index in [9.17, 15) is 8.42 Å². The first kappa shape index (κ1) is 12.8. The maximum Gasteiger partial charge on any atom is 0.257 e. The summed E-state index contributed by atoms with van der Waals surface area (Å²) >= 11 is 0. The zero-order valence-corrected chi connectivity index (χ0v) is 11.1. The van der Waals surface area contributed by atoms with Crippen LogP contribution in [-0.2, 0) is 16.6 Å². The largest absolute Gasteiger partial charge is 0.332 e. The molecule has 0 aliphatic heterocycles. The summed E-state index contributed by atoms with van der Waals surface area (Å²) < 4.78 is 24.0. The summed E-state index contributed by atoms with van der Waals surface area (Å²) in [5, 5.41) is 4.91. The molecule has 6 heteroatoms. The minimum atomic E-state index is -3.72. The van der Waals surface area contributed by atoms with Crippen molar-refractivity contribution in [2.75, 3.05) is 0 Å². The molecular weight excluding hydrogens is 250 g/mol. The Balaban J connectivity index is 2.29. The van der Waals surface area contributed by atoms with E-state index in [-0.39, 0.29) is 5.03 Å². The van der Waals surface area contributed by atoms with E-state index in [4.69, 9.17) is 5.14 Å². The fourth-order valence-corrected chi connectivity index (χ4v) is 2.22. The molecule has 2 rings (SSSR count). The number of imidazole rings is 1. The maximum absolute atomic E-state index is 11.1. The van der Waals surface area contributed by atoms with Crippen molar-refractivity contribution in [2.45, 2.75) is 25.4 Å². The van der Waals surface area contributed by atoms with Crippen LogP contribution in [0.5, 0.6) is 0 Å². The maximum atomic E-state index is 11.1. The van der Waals surface area contributed by atoms with Crippen LogP contribution >= 0.6 is 0 Å². The van der Waals surface area contributed by atoms with E-state index in [1.54, 1.807) is 4.57 Å². The van der Waals surface area contributed by atoms with Gasteiger partial charge >= 0.3 is 0 Å². The van der Waals surface area contributed by atoms with Gasteiger partial charge in [0.1, 0.15) is 0 Å². The van der Waals surface area contributed by atoms with E-state index in [2.05, 4.69) is 11.1 Å². The quantitative estimate of drug-likeness (QED) is 0.905. The van der Waals surface area contributed by atoms with Gasteiger partial charge in [-0.15, -0.1) is 0 Å². The van der Waals surface area contributed by atoms with Crippen molar-refractivity contribution in [3.63, 3.8) is 0 Å². The number of benzene rings is 1. The normalized spacial score (nSPS) is 11.7. The highest BCUT2D eigenvalue weighted by molar-refractivity contribution is 7.89. The van der Waals surface area contributed by atoms with E-state index >= 15 is 0 Å². The van der Waals surface area contributed by atoms with Crippen LogP contribution in [-0.4, -0.2) is 18.0 Å². The first-order chi connectivity index (χ1) is 8.36. The molecule has 18 heavy (non-hydrogen) atoms. The number of nitrogens with zero attached hydrogens (tertiary/aromatic N) is 2. The highest BCUT2D eigenvalue weighted by Gasteiger charge is 2.11. The number of sulfonamides is 1. The van der Waals surface area contributed by atoms with Crippen molar-refractivity contribution >= 4 is 10.0 Å². The molecule has 5 nitrogen and oxygen atoms in total. The molecular formula is C12H15N3O2S. The van der Waals surface area contributed by atoms with Gasteiger partial charge in [0.05, 0.1) is 6.33 Å². The topological polar surface area (TPSA) is 78.0 Å². The molecule has 1 heterocycles. The Morgan fingerprint density at radius 3 is 2.67 bits per heavy atom. The van der Waals surface area contributed by atoms with E-state index in [1.165, 1.54) is 18.1 Å². The molecule has 0 aliphatic carbocycles. The zero-order valence-electron chi connectivity index (χ0n) is 10.3. The van der Waals surface area contributed by atoms with Crippen molar-refractivity contribution in [1.29, 1.82) is 0 Å². The van der Waals surface area contributed by atoms with Gasteiger partial charge in [-0.3, -0.25) is 0 Å². The summed E-state index contributed by atoms with van der Waals surface area (Å²) in [6, 6.07) is 6.16. The van der Waals surface area contributed by atoms with Crippen molar-refractivity contribution in [1.82, 2.24) is 9.55 Å². The Kier molecular flexibility index (Phi) is 3.23. The Bertz CT molecular complexity index is 674. The lowest BCUT2D eigenvalue weighted by Gasteiger charge is -2.07. The molecule has 0 bridgehead atoms. The van der Waals surface area contributed by atoms with E-state index < -0.39 is 10.0 Å². The molecule has 0 fully saturated rings. The third-order valence-electron chi connectivity index (χ3n) is 2.76. The molecule has 0 radical (unpaired) electrons. The third-order valence-corrected chi connectivity index (χ3v) is 3.55. The van der Waals surface area contributed by atoms with E-state index in [0.717, 1.165) is 11.1 Å². The minimum Gasteiger partial charge on any atom is -0.332 e. The van der Waals surface area contributed by atoms with Crippen LogP contribution in [0, 0.1) is 13.8 Å². The lowest BCUT2D eigenvalue weighted by Crippen LogP contribution is -2.12. The van der Waals surface area contributed by atoms with Gasteiger partial charge < -0.3 is 4.57 Å². The molecule has 1 aromatic carbocycles. The van der Waals surface area contributed by atoms with Gasteiger partial charge in [0.2, 0.25) is 0 Å². The van der Waals surface area contributed by atoms with Gasteiger partial charge in [-0.25, -0.2) is 18.5 Å². The number of hydrogen-bond acceptors (Lipinski definition) is 3. The molecule has 2 N–H and O–H groups in total. The van der Waals surface area contributed by atoms with Crippen LogP contribution in [0.2, 0.25) is 0 Å². The summed E-state index contributed by atoms with van der Waals surface area (Å²) in [5.41, 5.74) is 3.46. The van der Waals surface area contributed by atoms with Crippen LogP contribution in [0.4, 0.5) is 0 Å². The Morgan fingerprint density at radius 2 is 2.06 bits per heavy atom. The number of hydrogen-bond donors (Lipinski definition) is 1. The Labute approximate surface area is 106 Å². The molecule has 96 valence electrons. The molecule has 0 unspecified atom stereocenters. The summed E-state index contributed by atoms with van der Waals surface area (Å²) in [4.78, 5) is 3.79. The van der Waals surface area contributed by atoms with Crippen LogP contribution in [0.25, 0.3) is 0 Å². The van der Waals surface area contributed by atoms with Gasteiger partial charge in [-0.05, 0) is 25.0 Å². The summed E-state index contributed by atoms with van der Waals surface area (Å²) in [6.07, 6.45) is 2.92. The van der Waals surface area contributed by atoms with Crippen molar-refractivity contribution in [3.8, 4) is 0 Å². The van der Waals surface area contributed by atoms with E-state index in [1.807, 2.05) is 26.0 Å². The highest BCUT2D eigenvalue weighted by Crippen LogP contribution is 2.13. The van der Waals surface area contributed by atoms with Crippen molar-refractivity contribution in [3.05, 3.63) is 47.4 Å². The monoisotopic (exact) mass is 265 g/mol. The predicted molar refractivity (Wildman–Crippen MR) is 68.6 cm³/mol. The highest BCUT2D eigenvalue weighted by atomic mass is 32.2. The minimum absolute atomic E-state index is 0.104. The summed E-state index contributed by atoms with van der Waals surface area (Å²) in [5.74, 6) is 0. The van der Waals surface area contributed by atoms with Crippen LogP contribution < -0.4 is 5.14 Å². The van der Waals surface area contributed by atoms with Crippen LogP contribution in [0.3, 0.4) is 0 Å². The first-order valence-electron chi connectivity index (χ1n) is 5.47. The molecule has 0 aliphatic rings. The fraction of sp³-hybridized carbons (Fsp3) is 0.250.